The Morgan fingerprint density at radius 2 is 1.91 bits per heavy atom. The minimum Gasteiger partial charge on any atom is -0.279 e. The molecule has 22 heavy (non-hydrogen) atoms. The highest BCUT2D eigenvalue weighted by atomic mass is 79.9. The molecule has 0 aliphatic rings. The number of sulfonamides is 1. The van der Waals surface area contributed by atoms with Crippen LogP contribution in [0.3, 0.4) is 0 Å². The highest BCUT2D eigenvalue weighted by molar-refractivity contribution is 9.10. The molecule has 2 aromatic carbocycles. The van der Waals surface area contributed by atoms with Crippen molar-refractivity contribution in [3.63, 3.8) is 0 Å². The highest BCUT2D eigenvalue weighted by Gasteiger charge is 2.19. The molecule has 0 radical (unpaired) electrons. The van der Waals surface area contributed by atoms with Crippen molar-refractivity contribution < 1.29 is 17.7 Å². The van der Waals surface area contributed by atoms with Crippen LogP contribution in [0, 0.1) is 22.9 Å². The molecule has 2 aromatic rings. The maximum Gasteiger partial charge on any atom is 0.272 e. The number of nitrogens with one attached hydrogen (secondary N) is 1. The quantitative estimate of drug-likeness (QED) is 0.639. The molecule has 6 nitrogen and oxygen atoms in total. The Morgan fingerprint density at radius 3 is 2.45 bits per heavy atom. The van der Waals surface area contributed by atoms with E-state index in [4.69, 9.17) is 0 Å². The summed E-state index contributed by atoms with van der Waals surface area (Å²) in [5.74, 6) is -0.605. The zero-order chi connectivity index (χ0) is 16.5. The van der Waals surface area contributed by atoms with Gasteiger partial charge in [-0.2, -0.15) is 0 Å². The fraction of sp³-hybridized carbons (Fsp3) is 0.0769. The standard InChI is InChI=1S/C13H10BrFN2O4S/c1-8-4-12(2-3-13(8)17(18)19)22(20,21)16-11-6-9(14)5-10(15)7-11/h2-7,16H,1H3. The van der Waals surface area contributed by atoms with E-state index in [0.717, 1.165) is 18.2 Å². The molecule has 116 valence electrons. The van der Waals surface area contributed by atoms with Crippen LogP contribution in [0.5, 0.6) is 0 Å². The van der Waals surface area contributed by atoms with Gasteiger partial charge in [0.2, 0.25) is 0 Å². The van der Waals surface area contributed by atoms with Gasteiger partial charge in [0.05, 0.1) is 15.5 Å². The number of nitro groups is 1. The number of benzene rings is 2. The van der Waals surface area contributed by atoms with Crippen LogP contribution in [-0.2, 0) is 10.0 Å². The molecule has 0 spiro atoms. The summed E-state index contributed by atoms with van der Waals surface area (Å²) in [5, 5.41) is 10.7. The fourth-order valence-electron chi connectivity index (χ4n) is 1.83. The van der Waals surface area contributed by atoms with Gasteiger partial charge < -0.3 is 0 Å². The van der Waals surface area contributed by atoms with Crippen LogP contribution in [0.2, 0.25) is 0 Å². The Hall–Kier alpha value is -2.00. The molecule has 0 fully saturated rings. The van der Waals surface area contributed by atoms with Crippen molar-refractivity contribution in [1.82, 2.24) is 0 Å². The minimum atomic E-state index is -3.97. The third-order valence-corrected chi connectivity index (χ3v) is 4.63. The van der Waals surface area contributed by atoms with Gasteiger partial charge in [-0.05, 0) is 37.3 Å². The zero-order valence-corrected chi connectivity index (χ0v) is 13.6. The second-order valence-electron chi connectivity index (χ2n) is 4.47. The van der Waals surface area contributed by atoms with Gasteiger partial charge in [0.15, 0.2) is 0 Å². The first kappa shape index (κ1) is 16.4. The fourth-order valence-corrected chi connectivity index (χ4v) is 3.42. The van der Waals surface area contributed by atoms with Crippen LogP contribution < -0.4 is 4.72 Å². The summed E-state index contributed by atoms with van der Waals surface area (Å²) in [5.41, 5.74) is 0.0867. The lowest BCUT2D eigenvalue weighted by Crippen LogP contribution is -2.13. The van der Waals surface area contributed by atoms with Crippen LogP contribution >= 0.6 is 15.9 Å². The molecule has 0 heterocycles. The largest absolute Gasteiger partial charge is 0.279 e. The first-order valence-corrected chi connectivity index (χ1v) is 8.20. The molecule has 0 aromatic heterocycles. The van der Waals surface area contributed by atoms with Gasteiger partial charge >= 0.3 is 0 Å². The number of nitrogens with zero attached hydrogens (tertiary/aromatic N) is 1. The van der Waals surface area contributed by atoms with Gasteiger partial charge in [-0.1, -0.05) is 15.9 Å². The third kappa shape index (κ3) is 3.60. The molecule has 0 aliphatic heterocycles. The first-order valence-electron chi connectivity index (χ1n) is 5.93. The van der Waals surface area contributed by atoms with Gasteiger partial charge in [0.25, 0.3) is 15.7 Å². The SMILES string of the molecule is Cc1cc(S(=O)(=O)Nc2cc(F)cc(Br)c2)ccc1[N+](=O)[O-]. The van der Waals surface area contributed by atoms with E-state index in [9.17, 15) is 22.9 Å². The molecular formula is C13H10BrFN2O4S. The molecule has 0 unspecified atom stereocenters. The van der Waals surface area contributed by atoms with Crippen molar-refractivity contribution in [1.29, 1.82) is 0 Å². The molecular weight excluding hydrogens is 379 g/mol. The van der Waals surface area contributed by atoms with Crippen LogP contribution in [-0.4, -0.2) is 13.3 Å². The summed E-state index contributed by atoms with van der Waals surface area (Å²) in [4.78, 5) is 10.0. The second-order valence-corrected chi connectivity index (χ2v) is 7.07. The van der Waals surface area contributed by atoms with E-state index in [-0.39, 0.29) is 21.8 Å². The Labute approximate surface area is 134 Å². The topological polar surface area (TPSA) is 89.3 Å². The van der Waals surface area contributed by atoms with Gasteiger partial charge in [-0.15, -0.1) is 0 Å². The van der Waals surface area contributed by atoms with Crippen molar-refractivity contribution in [2.45, 2.75) is 11.8 Å². The number of nitro benzene ring substituents is 1. The summed E-state index contributed by atoms with van der Waals surface area (Å²) < 4.78 is 40.4. The summed E-state index contributed by atoms with van der Waals surface area (Å²) >= 11 is 3.06. The summed E-state index contributed by atoms with van der Waals surface area (Å²) in [6.07, 6.45) is 0. The van der Waals surface area contributed by atoms with E-state index in [2.05, 4.69) is 20.7 Å². The van der Waals surface area contributed by atoms with E-state index < -0.39 is 20.8 Å². The Morgan fingerprint density at radius 1 is 1.23 bits per heavy atom. The predicted octanol–water partition coefficient (Wildman–Crippen LogP) is 3.61. The number of halogens is 2. The monoisotopic (exact) mass is 388 g/mol. The lowest BCUT2D eigenvalue weighted by atomic mass is 10.2. The van der Waals surface area contributed by atoms with Crippen LogP contribution in [0.25, 0.3) is 0 Å². The predicted molar refractivity (Wildman–Crippen MR) is 82.7 cm³/mol. The van der Waals surface area contributed by atoms with E-state index in [1.54, 1.807) is 0 Å². The van der Waals surface area contributed by atoms with Crippen molar-refractivity contribution in [2.75, 3.05) is 4.72 Å². The average molecular weight is 389 g/mol. The molecule has 1 N–H and O–H groups in total. The highest BCUT2D eigenvalue weighted by Crippen LogP contribution is 2.25. The van der Waals surface area contributed by atoms with E-state index in [0.29, 0.717) is 4.47 Å². The lowest BCUT2D eigenvalue weighted by Gasteiger charge is -2.09. The summed E-state index contributed by atoms with van der Waals surface area (Å²) in [6.45, 7) is 1.44. The molecule has 9 heteroatoms. The van der Waals surface area contributed by atoms with Gasteiger partial charge in [0, 0.05) is 16.1 Å². The summed E-state index contributed by atoms with van der Waals surface area (Å²) in [7, 11) is -3.97. The number of aryl methyl sites for hydroxylation is 1. The van der Waals surface area contributed by atoms with Crippen molar-refractivity contribution in [3.05, 3.63) is 62.4 Å². The number of rotatable bonds is 4. The smallest absolute Gasteiger partial charge is 0.272 e. The first-order chi connectivity index (χ1) is 10.2. The van der Waals surface area contributed by atoms with Gasteiger partial charge in [-0.25, -0.2) is 12.8 Å². The van der Waals surface area contributed by atoms with Crippen LogP contribution in [0.1, 0.15) is 5.56 Å². The minimum absolute atomic E-state index is 0.0443. The van der Waals surface area contributed by atoms with Crippen LogP contribution in [0.4, 0.5) is 15.8 Å². The molecule has 0 bridgehead atoms. The number of hydrogen-bond acceptors (Lipinski definition) is 4. The van der Waals surface area contributed by atoms with E-state index in [1.807, 2.05) is 0 Å². The van der Waals surface area contributed by atoms with Gasteiger partial charge in [-0.3, -0.25) is 14.8 Å². The van der Waals surface area contributed by atoms with E-state index >= 15 is 0 Å². The average Bonchev–Trinajstić information content (AvgIpc) is 2.36. The normalized spacial score (nSPS) is 11.2. The Kier molecular flexibility index (Phi) is 4.47. The maximum atomic E-state index is 13.3. The van der Waals surface area contributed by atoms with Crippen molar-refractivity contribution in [2.24, 2.45) is 0 Å². The van der Waals surface area contributed by atoms with Crippen molar-refractivity contribution in [3.8, 4) is 0 Å². The molecule has 0 amide bonds. The van der Waals surface area contributed by atoms with E-state index in [1.165, 1.54) is 25.1 Å². The maximum absolute atomic E-state index is 13.3. The molecule has 0 saturated heterocycles. The van der Waals surface area contributed by atoms with Gasteiger partial charge in [0.1, 0.15) is 5.82 Å². The molecule has 2 rings (SSSR count). The number of hydrogen-bond donors (Lipinski definition) is 1. The Bertz CT molecular complexity index is 835. The van der Waals surface area contributed by atoms with Crippen molar-refractivity contribution >= 4 is 37.3 Å². The molecule has 0 aliphatic carbocycles. The Balaban J connectivity index is 2.38. The zero-order valence-electron chi connectivity index (χ0n) is 11.2. The lowest BCUT2D eigenvalue weighted by molar-refractivity contribution is -0.385. The molecule has 0 atom stereocenters. The number of anilines is 1. The summed E-state index contributed by atoms with van der Waals surface area (Å²) in [6, 6.07) is 7.05. The van der Waals surface area contributed by atoms with Crippen LogP contribution in [0.15, 0.2) is 45.8 Å². The molecule has 0 saturated carbocycles. The second kappa shape index (κ2) is 6.01. The third-order valence-electron chi connectivity index (χ3n) is 2.79.